The maximum absolute atomic E-state index is 13.5. The van der Waals surface area contributed by atoms with E-state index in [-0.39, 0.29) is 5.56 Å². The second-order valence-electron chi connectivity index (χ2n) is 3.61. The van der Waals surface area contributed by atoms with E-state index in [2.05, 4.69) is 0 Å². The van der Waals surface area contributed by atoms with Crippen molar-refractivity contribution in [3.63, 3.8) is 0 Å². The molecule has 0 aromatic heterocycles. The van der Waals surface area contributed by atoms with Gasteiger partial charge in [0.05, 0.1) is 5.69 Å². The van der Waals surface area contributed by atoms with Gasteiger partial charge in [0.25, 0.3) is 0 Å². The lowest BCUT2D eigenvalue weighted by molar-refractivity contribution is 0.447. The maximum Gasteiger partial charge on any atom is 0.194 e. The topological polar surface area (TPSA) is 26.0 Å². The van der Waals surface area contributed by atoms with Crippen LogP contribution in [-0.2, 0) is 0 Å². The number of benzene rings is 2. The molecule has 0 bridgehead atoms. The zero-order valence-corrected chi connectivity index (χ0v) is 8.78. The van der Waals surface area contributed by atoms with Crippen molar-refractivity contribution < 1.29 is 22.0 Å². The van der Waals surface area contributed by atoms with Gasteiger partial charge in [0.1, 0.15) is 11.6 Å². The van der Waals surface area contributed by atoms with Crippen molar-refractivity contribution in [2.45, 2.75) is 0 Å². The van der Waals surface area contributed by atoms with Crippen molar-refractivity contribution in [3.05, 3.63) is 53.4 Å². The zero-order chi connectivity index (χ0) is 13.4. The molecule has 0 amide bonds. The molecule has 6 heteroatoms. The van der Waals surface area contributed by atoms with Crippen molar-refractivity contribution in [3.8, 4) is 11.1 Å². The molecular weight excluding hydrogens is 253 g/mol. The van der Waals surface area contributed by atoms with Crippen molar-refractivity contribution in [1.82, 2.24) is 0 Å². The number of nitrogens with two attached hydrogens (primary N) is 1. The molecule has 0 aliphatic rings. The molecule has 0 radical (unpaired) electrons. The normalized spacial score (nSPS) is 10.7. The van der Waals surface area contributed by atoms with E-state index in [1.165, 1.54) is 0 Å². The smallest absolute Gasteiger partial charge is 0.194 e. The molecule has 18 heavy (non-hydrogen) atoms. The first-order valence-corrected chi connectivity index (χ1v) is 4.79. The summed E-state index contributed by atoms with van der Waals surface area (Å²) in [7, 11) is 0. The fraction of sp³-hybridized carbons (Fsp3) is 0. The van der Waals surface area contributed by atoms with Gasteiger partial charge in [0, 0.05) is 11.6 Å². The molecule has 2 rings (SSSR count). The summed E-state index contributed by atoms with van der Waals surface area (Å²) in [5, 5.41) is 0. The summed E-state index contributed by atoms with van der Waals surface area (Å²) >= 11 is 0. The third kappa shape index (κ3) is 2.01. The third-order valence-corrected chi connectivity index (χ3v) is 2.38. The minimum absolute atomic E-state index is 0.317. The molecule has 0 heterocycles. The van der Waals surface area contributed by atoms with Crippen LogP contribution in [0.25, 0.3) is 11.1 Å². The molecule has 0 atom stereocenters. The van der Waals surface area contributed by atoms with Crippen LogP contribution in [0, 0.1) is 29.1 Å². The molecule has 0 aliphatic carbocycles. The Hall–Kier alpha value is -2.11. The van der Waals surface area contributed by atoms with E-state index in [1.54, 1.807) is 0 Å². The van der Waals surface area contributed by atoms with E-state index in [4.69, 9.17) is 5.73 Å². The first-order valence-electron chi connectivity index (χ1n) is 4.79. The van der Waals surface area contributed by atoms with E-state index in [1.807, 2.05) is 0 Å². The fourth-order valence-electron chi connectivity index (χ4n) is 1.49. The number of hydrogen-bond donors (Lipinski definition) is 1. The molecule has 0 spiro atoms. The lowest BCUT2D eigenvalue weighted by atomic mass is 10.0. The maximum atomic E-state index is 13.5. The zero-order valence-electron chi connectivity index (χ0n) is 8.78. The molecule has 2 aromatic carbocycles. The lowest BCUT2D eigenvalue weighted by Crippen LogP contribution is -1.97. The van der Waals surface area contributed by atoms with Crippen molar-refractivity contribution >= 4 is 5.69 Å². The molecule has 1 nitrogen and oxygen atoms in total. The highest BCUT2D eigenvalue weighted by Gasteiger charge is 2.15. The Labute approximate surface area is 98.7 Å². The Kier molecular flexibility index (Phi) is 2.94. The summed E-state index contributed by atoms with van der Waals surface area (Å²) in [4.78, 5) is 0. The Balaban J connectivity index is 2.66. The summed E-state index contributed by atoms with van der Waals surface area (Å²) < 4.78 is 65.4. The number of nitrogen functional groups attached to an aromatic ring is 1. The van der Waals surface area contributed by atoms with E-state index >= 15 is 0 Å². The summed E-state index contributed by atoms with van der Waals surface area (Å²) in [5.41, 5.74) is 3.98. The van der Waals surface area contributed by atoms with Crippen LogP contribution in [0.3, 0.4) is 0 Å². The Morgan fingerprint density at radius 3 is 1.78 bits per heavy atom. The number of halogens is 5. The van der Waals surface area contributed by atoms with Crippen LogP contribution >= 0.6 is 0 Å². The second kappa shape index (κ2) is 4.29. The molecule has 2 N–H and O–H groups in total. The van der Waals surface area contributed by atoms with Crippen LogP contribution in [0.4, 0.5) is 27.6 Å². The molecular formula is C12H6F5N. The number of hydrogen-bond acceptors (Lipinski definition) is 1. The van der Waals surface area contributed by atoms with E-state index in [9.17, 15) is 22.0 Å². The first kappa shape index (κ1) is 12.3. The summed E-state index contributed by atoms with van der Waals surface area (Å²) in [6.07, 6.45) is 0. The number of anilines is 1. The third-order valence-electron chi connectivity index (χ3n) is 2.38. The van der Waals surface area contributed by atoms with Gasteiger partial charge in [-0.25, -0.2) is 22.0 Å². The molecule has 0 aliphatic heterocycles. The van der Waals surface area contributed by atoms with Crippen LogP contribution < -0.4 is 5.73 Å². The van der Waals surface area contributed by atoms with Crippen molar-refractivity contribution in [2.24, 2.45) is 0 Å². The molecule has 0 saturated carbocycles. The van der Waals surface area contributed by atoms with Crippen LogP contribution in [0.1, 0.15) is 0 Å². The van der Waals surface area contributed by atoms with E-state index in [0.29, 0.717) is 24.3 Å². The highest BCUT2D eigenvalue weighted by Crippen LogP contribution is 2.28. The van der Waals surface area contributed by atoms with Crippen LogP contribution in [0.2, 0.25) is 0 Å². The standard InChI is InChI=1S/C12H6F5N/c13-7-4-11(18)8(14)3-6(7)5-1-9(15)12(17)10(16)2-5/h1-4H,18H2. The van der Waals surface area contributed by atoms with Crippen LogP contribution in [0.15, 0.2) is 24.3 Å². The van der Waals surface area contributed by atoms with Gasteiger partial charge in [0.2, 0.25) is 0 Å². The highest BCUT2D eigenvalue weighted by molar-refractivity contribution is 5.67. The van der Waals surface area contributed by atoms with Gasteiger partial charge in [-0.15, -0.1) is 0 Å². The largest absolute Gasteiger partial charge is 0.396 e. The van der Waals surface area contributed by atoms with Gasteiger partial charge in [-0.3, -0.25) is 0 Å². The van der Waals surface area contributed by atoms with E-state index < -0.39 is 40.3 Å². The van der Waals surface area contributed by atoms with Crippen molar-refractivity contribution in [2.75, 3.05) is 5.73 Å². The average molecular weight is 259 g/mol. The Bertz CT molecular complexity index is 601. The Morgan fingerprint density at radius 1 is 0.667 bits per heavy atom. The molecule has 0 fully saturated rings. The predicted octanol–water partition coefficient (Wildman–Crippen LogP) is 3.63. The lowest BCUT2D eigenvalue weighted by Gasteiger charge is -2.07. The van der Waals surface area contributed by atoms with Gasteiger partial charge < -0.3 is 5.73 Å². The Morgan fingerprint density at radius 2 is 1.22 bits per heavy atom. The summed E-state index contributed by atoms with van der Waals surface area (Å²) in [6, 6.07) is 2.53. The average Bonchev–Trinajstić information content (AvgIpc) is 2.30. The van der Waals surface area contributed by atoms with Gasteiger partial charge in [-0.05, 0) is 23.8 Å². The highest BCUT2D eigenvalue weighted by atomic mass is 19.2. The molecule has 94 valence electrons. The minimum Gasteiger partial charge on any atom is -0.396 e. The van der Waals surface area contributed by atoms with E-state index in [0.717, 1.165) is 0 Å². The fourth-order valence-corrected chi connectivity index (χ4v) is 1.49. The number of rotatable bonds is 1. The predicted molar refractivity (Wildman–Crippen MR) is 56.1 cm³/mol. The SMILES string of the molecule is Nc1cc(F)c(-c2cc(F)c(F)c(F)c2)cc1F. The molecule has 0 saturated heterocycles. The van der Waals surface area contributed by atoms with Crippen LogP contribution in [-0.4, -0.2) is 0 Å². The first-order chi connectivity index (χ1) is 8.40. The van der Waals surface area contributed by atoms with Gasteiger partial charge in [-0.2, -0.15) is 0 Å². The summed E-state index contributed by atoms with van der Waals surface area (Å²) in [6.45, 7) is 0. The monoisotopic (exact) mass is 259 g/mol. The minimum atomic E-state index is -1.67. The summed E-state index contributed by atoms with van der Waals surface area (Å²) in [5.74, 6) is -6.53. The van der Waals surface area contributed by atoms with Crippen LogP contribution in [0.5, 0.6) is 0 Å². The van der Waals surface area contributed by atoms with Crippen molar-refractivity contribution in [1.29, 1.82) is 0 Å². The van der Waals surface area contributed by atoms with Gasteiger partial charge >= 0.3 is 0 Å². The van der Waals surface area contributed by atoms with Gasteiger partial charge in [0.15, 0.2) is 17.5 Å². The molecule has 0 unspecified atom stereocenters. The quantitative estimate of drug-likeness (QED) is 0.472. The van der Waals surface area contributed by atoms with Gasteiger partial charge in [-0.1, -0.05) is 0 Å². The second-order valence-corrected chi connectivity index (χ2v) is 3.61. The molecule has 2 aromatic rings.